The monoisotopic (exact) mass is 255 g/mol. The van der Waals surface area contributed by atoms with Crippen molar-refractivity contribution in [2.24, 2.45) is 5.92 Å². The van der Waals surface area contributed by atoms with E-state index in [1.165, 1.54) is 0 Å². The first-order chi connectivity index (χ1) is 8.24. The lowest BCUT2D eigenvalue weighted by molar-refractivity contribution is 0.263. The van der Waals surface area contributed by atoms with E-state index in [0.717, 1.165) is 31.6 Å². The molecule has 1 aromatic carbocycles. The van der Waals surface area contributed by atoms with E-state index in [4.69, 9.17) is 21.4 Å². The van der Waals surface area contributed by atoms with E-state index >= 15 is 0 Å². The van der Waals surface area contributed by atoms with Crippen LogP contribution in [0.5, 0.6) is 5.75 Å². The Bertz CT molecular complexity index is 384. The Hall–Kier alpha value is -0.930. The third-order valence-corrected chi connectivity index (χ3v) is 3.62. The fourth-order valence-corrected chi connectivity index (χ4v) is 2.59. The van der Waals surface area contributed by atoms with E-state index < -0.39 is 0 Å². The van der Waals surface area contributed by atoms with Crippen molar-refractivity contribution in [1.82, 2.24) is 0 Å². The maximum Gasteiger partial charge on any atom is 0.137 e. The van der Waals surface area contributed by atoms with Gasteiger partial charge in [-0.2, -0.15) is 0 Å². The van der Waals surface area contributed by atoms with Gasteiger partial charge in [-0.3, -0.25) is 0 Å². The van der Waals surface area contributed by atoms with Gasteiger partial charge in [-0.1, -0.05) is 11.6 Å². The number of anilines is 1. The van der Waals surface area contributed by atoms with Gasteiger partial charge in [0.1, 0.15) is 5.75 Å². The second-order valence-corrected chi connectivity index (χ2v) is 4.84. The van der Waals surface area contributed by atoms with Gasteiger partial charge in [0.25, 0.3) is 0 Å². The fraction of sp³-hybridized carbons (Fsp3) is 0.538. The van der Waals surface area contributed by atoms with Gasteiger partial charge in [0, 0.05) is 25.4 Å². The van der Waals surface area contributed by atoms with E-state index in [1.807, 2.05) is 18.2 Å². The molecule has 1 aliphatic rings. The van der Waals surface area contributed by atoms with E-state index in [1.54, 1.807) is 7.11 Å². The molecule has 94 valence electrons. The Morgan fingerprint density at radius 2 is 2.35 bits per heavy atom. The zero-order valence-electron chi connectivity index (χ0n) is 10.0. The summed E-state index contributed by atoms with van der Waals surface area (Å²) in [5.41, 5.74) is 1.14. The number of aliphatic hydroxyl groups excluding tert-OH is 1. The highest BCUT2D eigenvalue weighted by Gasteiger charge is 2.22. The average Bonchev–Trinajstić information content (AvgIpc) is 2.78. The van der Waals surface area contributed by atoms with Crippen molar-refractivity contribution in [3.05, 3.63) is 23.2 Å². The van der Waals surface area contributed by atoms with Gasteiger partial charge in [0.2, 0.25) is 0 Å². The normalized spacial score (nSPS) is 19.7. The number of benzene rings is 1. The molecular weight excluding hydrogens is 238 g/mol. The summed E-state index contributed by atoms with van der Waals surface area (Å²) in [5, 5.41) is 9.59. The van der Waals surface area contributed by atoms with Gasteiger partial charge in [0.05, 0.1) is 12.1 Å². The molecule has 0 saturated carbocycles. The molecule has 0 radical (unpaired) electrons. The lowest BCUT2D eigenvalue weighted by Gasteiger charge is -2.19. The molecule has 1 N–H and O–H groups in total. The Morgan fingerprint density at radius 3 is 3.00 bits per heavy atom. The Balaban J connectivity index is 2.06. The van der Waals surface area contributed by atoms with Crippen molar-refractivity contribution in [2.75, 3.05) is 31.7 Å². The van der Waals surface area contributed by atoms with Crippen LogP contribution in [0.2, 0.25) is 5.02 Å². The molecule has 17 heavy (non-hydrogen) atoms. The number of hydrogen-bond acceptors (Lipinski definition) is 3. The molecular formula is C13H18ClNO2. The molecule has 1 heterocycles. The number of halogens is 1. The molecule has 1 unspecified atom stereocenters. The largest absolute Gasteiger partial charge is 0.495 e. The van der Waals surface area contributed by atoms with Gasteiger partial charge in [-0.15, -0.1) is 0 Å². The van der Waals surface area contributed by atoms with Crippen LogP contribution < -0.4 is 9.64 Å². The molecule has 0 aromatic heterocycles. The zero-order chi connectivity index (χ0) is 12.3. The lowest BCUT2D eigenvalue weighted by Crippen LogP contribution is -2.19. The van der Waals surface area contributed by atoms with Crippen LogP contribution in [0.4, 0.5) is 5.69 Å². The van der Waals surface area contributed by atoms with E-state index in [9.17, 15) is 0 Å². The SMILES string of the molecule is COc1ccc(N2CCC(CCO)C2)cc1Cl. The standard InChI is InChI=1S/C13H18ClNO2/c1-17-13-3-2-11(8-12(13)14)15-6-4-10(9-15)5-7-16/h2-3,8,10,16H,4-7,9H2,1H3. The van der Waals surface area contributed by atoms with Crippen molar-refractivity contribution in [3.63, 3.8) is 0 Å². The number of nitrogens with zero attached hydrogens (tertiary/aromatic N) is 1. The molecule has 2 rings (SSSR count). The molecule has 0 spiro atoms. The topological polar surface area (TPSA) is 32.7 Å². The molecule has 1 atom stereocenters. The smallest absolute Gasteiger partial charge is 0.137 e. The number of aliphatic hydroxyl groups is 1. The van der Waals surface area contributed by atoms with E-state index in [0.29, 0.717) is 16.7 Å². The van der Waals surface area contributed by atoms with Crippen LogP contribution in [0.25, 0.3) is 0 Å². The minimum atomic E-state index is 0.280. The van der Waals surface area contributed by atoms with Crippen molar-refractivity contribution in [2.45, 2.75) is 12.8 Å². The average molecular weight is 256 g/mol. The highest BCUT2D eigenvalue weighted by atomic mass is 35.5. The minimum absolute atomic E-state index is 0.280. The van der Waals surface area contributed by atoms with Crippen molar-refractivity contribution in [1.29, 1.82) is 0 Å². The molecule has 1 fully saturated rings. The van der Waals surface area contributed by atoms with E-state index in [2.05, 4.69) is 4.90 Å². The quantitative estimate of drug-likeness (QED) is 0.898. The van der Waals surface area contributed by atoms with Crippen molar-refractivity contribution in [3.8, 4) is 5.75 Å². The molecule has 1 aliphatic heterocycles. The van der Waals surface area contributed by atoms with Crippen LogP contribution in [0, 0.1) is 5.92 Å². The summed E-state index contributed by atoms with van der Waals surface area (Å²) in [4.78, 5) is 2.31. The van der Waals surface area contributed by atoms with Crippen LogP contribution in [0.1, 0.15) is 12.8 Å². The Kier molecular flexibility index (Phi) is 4.13. The zero-order valence-corrected chi connectivity index (χ0v) is 10.8. The van der Waals surface area contributed by atoms with Crippen LogP contribution in [0.15, 0.2) is 18.2 Å². The van der Waals surface area contributed by atoms with Crippen molar-refractivity contribution < 1.29 is 9.84 Å². The summed E-state index contributed by atoms with van der Waals surface area (Å²) in [5.74, 6) is 1.31. The Labute approximate surface area is 107 Å². The summed E-state index contributed by atoms with van der Waals surface area (Å²) in [7, 11) is 1.62. The van der Waals surface area contributed by atoms with Crippen LogP contribution in [-0.2, 0) is 0 Å². The first-order valence-electron chi connectivity index (χ1n) is 5.94. The van der Waals surface area contributed by atoms with E-state index in [-0.39, 0.29) is 6.61 Å². The Morgan fingerprint density at radius 1 is 1.53 bits per heavy atom. The minimum Gasteiger partial charge on any atom is -0.495 e. The molecule has 4 heteroatoms. The first-order valence-corrected chi connectivity index (χ1v) is 6.31. The predicted octanol–water partition coefficient (Wildman–Crippen LogP) is 2.56. The number of methoxy groups -OCH3 is 1. The second kappa shape index (κ2) is 5.61. The molecule has 0 aliphatic carbocycles. The second-order valence-electron chi connectivity index (χ2n) is 4.43. The molecule has 3 nitrogen and oxygen atoms in total. The number of hydrogen-bond donors (Lipinski definition) is 1. The summed E-state index contributed by atoms with van der Waals surface area (Å²) >= 11 is 6.11. The fourth-order valence-electron chi connectivity index (χ4n) is 2.34. The van der Waals surface area contributed by atoms with Crippen LogP contribution >= 0.6 is 11.6 Å². The summed E-state index contributed by atoms with van der Waals surface area (Å²) in [6.07, 6.45) is 2.03. The van der Waals surface area contributed by atoms with Gasteiger partial charge in [0.15, 0.2) is 0 Å². The van der Waals surface area contributed by atoms with Crippen LogP contribution in [0.3, 0.4) is 0 Å². The number of rotatable bonds is 4. The molecule has 0 amide bonds. The third-order valence-electron chi connectivity index (χ3n) is 3.32. The third kappa shape index (κ3) is 2.85. The van der Waals surface area contributed by atoms with Gasteiger partial charge in [-0.05, 0) is 37.0 Å². The summed E-state index contributed by atoms with van der Waals surface area (Å²) < 4.78 is 5.14. The molecule has 0 bridgehead atoms. The number of ether oxygens (including phenoxy) is 1. The van der Waals surface area contributed by atoms with Crippen LogP contribution in [-0.4, -0.2) is 31.9 Å². The maximum absolute atomic E-state index is 8.94. The van der Waals surface area contributed by atoms with Gasteiger partial charge in [-0.25, -0.2) is 0 Å². The lowest BCUT2D eigenvalue weighted by atomic mass is 10.1. The summed E-state index contributed by atoms with van der Waals surface area (Å²) in [6.45, 7) is 2.32. The summed E-state index contributed by atoms with van der Waals surface area (Å²) in [6, 6.07) is 5.88. The maximum atomic E-state index is 8.94. The highest BCUT2D eigenvalue weighted by molar-refractivity contribution is 6.32. The predicted molar refractivity (Wildman–Crippen MR) is 70.0 cm³/mol. The van der Waals surface area contributed by atoms with Crippen molar-refractivity contribution >= 4 is 17.3 Å². The van der Waals surface area contributed by atoms with Gasteiger partial charge < -0.3 is 14.7 Å². The first kappa shape index (κ1) is 12.5. The highest BCUT2D eigenvalue weighted by Crippen LogP contribution is 2.32. The molecule has 1 saturated heterocycles. The van der Waals surface area contributed by atoms with Gasteiger partial charge >= 0.3 is 0 Å². The molecule has 1 aromatic rings.